The van der Waals surface area contributed by atoms with Crippen molar-refractivity contribution in [3.05, 3.63) is 0 Å². The van der Waals surface area contributed by atoms with Crippen LogP contribution in [-0.2, 0) is 14.3 Å². The molecule has 0 aromatic rings. The summed E-state index contributed by atoms with van der Waals surface area (Å²) >= 11 is 0. The third-order valence-electron chi connectivity index (χ3n) is 2.69. The molecule has 1 aliphatic heterocycles. The minimum absolute atomic E-state index is 0.00132. The number of nitrogens with one attached hydrogen (secondary N) is 1. The third-order valence-corrected chi connectivity index (χ3v) is 2.69. The second kappa shape index (κ2) is 7.05. The van der Waals surface area contributed by atoms with Gasteiger partial charge in [-0.1, -0.05) is 0 Å². The van der Waals surface area contributed by atoms with Crippen LogP contribution in [0.4, 0.5) is 4.79 Å². The normalized spacial score (nSPS) is 17.0. The summed E-state index contributed by atoms with van der Waals surface area (Å²) in [6.07, 6.45) is -0.298. The molecule has 0 aromatic heterocycles. The number of carbonyl (C=O) groups is 3. The summed E-state index contributed by atoms with van der Waals surface area (Å²) in [5, 5.41) is 11.9. The Kier molecular flexibility index (Phi) is 5.71. The Balaban J connectivity index is 2.28. The van der Waals surface area contributed by atoms with E-state index in [0.29, 0.717) is 6.42 Å². The number of hydrogen-bond acceptors (Lipinski definition) is 5. The van der Waals surface area contributed by atoms with Gasteiger partial charge in [-0.05, 0) is 6.42 Å². The van der Waals surface area contributed by atoms with Gasteiger partial charge in [0.1, 0.15) is 13.1 Å². The molecule has 1 unspecified atom stereocenters. The second-order valence-electron chi connectivity index (χ2n) is 4.37. The van der Waals surface area contributed by atoms with Crippen molar-refractivity contribution in [1.82, 2.24) is 15.1 Å². The Morgan fingerprint density at radius 2 is 2.21 bits per heavy atom. The molecule has 0 saturated carbocycles. The number of nitrogens with zero attached hydrogens (tertiary/aromatic N) is 2. The van der Waals surface area contributed by atoms with Crippen LogP contribution in [-0.4, -0.2) is 79.3 Å². The number of aliphatic hydroxyl groups excluding tert-OH is 1. The molecular weight excluding hydrogens is 254 g/mol. The van der Waals surface area contributed by atoms with Gasteiger partial charge in [0.15, 0.2) is 0 Å². The van der Waals surface area contributed by atoms with E-state index < -0.39 is 18.0 Å². The first-order chi connectivity index (χ1) is 8.95. The Morgan fingerprint density at radius 1 is 1.53 bits per heavy atom. The zero-order chi connectivity index (χ0) is 14.4. The molecule has 19 heavy (non-hydrogen) atoms. The highest BCUT2D eigenvalue weighted by Gasteiger charge is 2.34. The molecule has 4 amide bonds. The lowest BCUT2D eigenvalue weighted by molar-refractivity contribution is -0.130. The van der Waals surface area contributed by atoms with E-state index >= 15 is 0 Å². The second-order valence-corrected chi connectivity index (χ2v) is 4.37. The van der Waals surface area contributed by atoms with Crippen molar-refractivity contribution in [2.75, 3.05) is 40.4 Å². The molecule has 1 saturated heterocycles. The standard InChI is InChI=1S/C11H19N3O5/c1-13-6-10(17)14(11(13)18)5-9(16)12-4-3-8(15)7-19-2/h8,15H,3-7H2,1-2H3,(H,12,16). The molecule has 1 heterocycles. The molecule has 1 atom stereocenters. The average Bonchev–Trinajstić information content (AvgIpc) is 2.56. The van der Waals surface area contributed by atoms with E-state index in [1.54, 1.807) is 0 Å². The van der Waals surface area contributed by atoms with Gasteiger partial charge >= 0.3 is 6.03 Å². The molecule has 0 aromatic carbocycles. The number of urea groups is 1. The molecule has 2 N–H and O–H groups in total. The lowest BCUT2D eigenvalue weighted by Gasteiger charge is -2.14. The predicted octanol–water partition coefficient (Wildman–Crippen LogP) is -1.61. The highest BCUT2D eigenvalue weighted by molar-refractivity contribution is 6.04. The highest BCUT2D eigenvalue weighted by atomic mass is 16.5. The van der Waals surface area contributed by atoms with Gasteiger partial charge in [-0.15, -0.1) is 0 Å². The van der Waals surface area contributed by atoms with Crippen LogP contribution in [0, 0.1) is 0 Å². The van der Waals surface area contributed by atoms with Crippen LogP contribution in [0.3, 0.4) is 0 Å². The zero-order valence-electron chi connectivity index (χ0n) is 11.1. The van der Waals surface area contributed by atoms with Crippen molar-refractivity contribution in [3.8, 4) is 0 Å². The fraction of sp³-hybridized carbons (Fsp3) is 0.727. The van der Waals surface area contributed by atoms with Gasteiger partial charge in [-0.3, -0.25) is 14.5 Å². The SMILES string of the molecule is COCC(O)CCNC(=O)CN1C(=O)CN(C)C1=O. The first-order valence-electron chi connectivity index (χ1n) is 5.95. The number of imide groups is 1. The summed E-state index contributed by atoms with van der Waals surface area (Å²) in [7, 11) is 2.97. The van der Waals surface area contributed by atoms with Crippen LogP contribution >= 0.6 is 0 Å². The summed E-state index contributed by atoms with van der Waals surface area (Å²) in [5.41, 5.74) is 0. The van der Waals surface area contributed by atoms with Crippen molar-refractivity contribution in [2.45, 2.75) is 12.5 Å². The van der Waals surface area contributed by atoms with Crippen LogP contribution in [0.2, 0.25) is 0 Å². The molecule has 0 spiro atoms. The number of methoxy groups -OCH3 is 1. The summed E-state index contributed by atoms with van der Waals surface area (Å²) in [4.78, 5) is 36.6. The topological polar surface area (TPSA) is 99.2 Å². The molecule has 8 nitrogen and oxygen atoms in total. The van der Waals surface area contributed by atoms with Crippen molar-refractivity contribution in [1.29, 1.82) is 0 Å². The molecule has 0 bridgehead atoms. The monoisotopic (exact) mass is 273 g/mol. The molecule has 1 fully saturated rings. The highest BCUT2D eigenvalue weighted by Crippen LogP contribution is 2.06. The van der Waals surface area contributed by atoms with Gasteiger partial charge in [0, 0.05) is 20.7 Å². The van der Waals surface area contributed by atoms with E-state index in [0.717, 1.165) is 4.90 Å². The number of amides is 4. The first kappa shape index (κ1) is 15.4. The summed E-state index contributed by atoms with van der Waals surface area (Å²) < 4.78 is 4.74. The molecule has 108 valence electrons. The van der Waals surface area contributed by atoms with Gasteiger partial charge in [-0.25, -0.2) is 4.79 Å². The van der Waals surface area contributed by atoms with Crippen molar-refractivity contribution < 1.29 is 24.2 Å². The maximum Gasteiger partial charge on any atom is 0.327 e. The van der Waals surface area contributed by atoms with E-state index in [1.165, 1.54) is 19.1 Å². The van der Waals surface area contributed by atoms with E-state index in [1.807, 2.05) is 0 Å². The Bertz CT molecular complexity index is 360. The van der Waals surface area contributed by atoms with Gasteiger partial charge in [-0.2, -0.15) is 0 Å². The number of hydrogen-bond donors (Lipinski definition) is 2. The van der Waals surface area contributed by atoms with Crippen LogP contribution < -0.4 is 5.32 Å². The van der Waals surface area contributed by atoms with Gasteiger partial charge in [0.05, 0.1) is 12.7 Å². The Morgan fingerprint density at radius 3 is 2.74 bits per heavy atom. The van der Waals surface area contributed by atoms with Gasteiger partial charge in [0.25, 0.3) is 5.91 Å². The summed E-state index contributed by atoms with van der Waals surface area (Å²) in [6, 6.07) is -0.473. The van der Waals surface area contributed by atoms with Crippen LogP contribution in [0.1, 0.15) is 6.42 Å². The minimum atomic E-state index is -0.647. The number of carbonyl (C=O) groups excluding carboxylic acids is 3. The molecule has 1 rings (SSSR count). The average molecular weight is 273 g/mol. The summed E-state index contributed by atoms with van der Waals surface area (Å²) in [6.45, 7) is 0.167. The fourth-order valence-electron chi connectivity index (χ4n) is 1.68. The molecule has 1 aliphatic rings. The number of aliphatic hydroxyl groups is 1. The lowest BCUT2D eigenvalue weighted by atomic mass is 10.2. The minimum Gasteiger partial charge on any atom is -0.391 e. The maximum atomic E-state index is 11.5. The van der Waals surface area contributed by atoms with E-state index in [9.17, 15) is 19.5 Å². The number of ether oxygens (including phenoxy) is 1. The van der Waals surface area contributed by atoms with Crippen LogP contribution in [0.5, 0.6) is 0 Å². The Labute approximate surface area is 111 Å². The fourth-order valence-corrected chi connectivity index (χ4v) is 1.68. The Hall–Kier alpha value is -1.67. The van der Waals surface area contributed by atoms with Crippen molar-refractivity contribution >= 4 is 17.8 Å². The molecule has 0 aliphatic carbocycles. The van der Waals surface area contributed by atoms with Crippen molar-refractivity contribution in [2.24, 2.45) is 0 Å². The quantitative estimate of drug-likeness (QED) is 0.544. The predicted molar refractivity (Wildman–Crippen MR) is 65.2 cm³/mol. The largest absolute Gasteiger partial charge is 0.391 e. The third kappa shape index (κ3) is 4.49. The van der Waals surface area contributed by atoms with Gasteiger partial charge < -0.3 is 20.1 Å². The molecule has 8 heteroatoms. The lowest BCUT2D eigenvalue weighted by Crippen LogP contribution is -2.41. The van der Waals surface area contributed by atoms with E-state index in [2.05, 4.69) is 5.32 Å². The number of rotatable bonds is 7. The van der Waals surface area contributed by atoms with Crippen LogP contribution in [0.25, 0.3) is 0 Å². The van der Waals surface area contributed by atoms with E-state index in [4.69, 9.17) is 4.74 Å². The molecule has 0 radical (unpaired) electrons. The maximum absolute atomic E-state index is 11.5. The molecular formula is C11H19N3O5. The number of likely N-dealkylation sites (N-methyl/N-ethyl adjacent to an activating group) is 1. The smallest absolute Gasteiger partial charge is 0.327 e. The van der Waals surface area contributed by atoms with Crippen LogP contribution in [0.15, 0.2) is 0 Å². The zero-order valence-corrected chi connectivity index (χ0v) is 11.1. The summed E-state index contributed by atoms with van der Waals surface area (Å²) in [5.74, 6) is -0.816. The first-order valence-corrected chi connectivity index (χ1v) is 5.95. The van der Waals surface area contributed by atoms with E-state index in [-0.39, 0.29) is 32.1 Å². The van der Waals surface area contributed by atoms with Gasteiger partial charge in [0.2, 0.25) is 5.91 Å². The van der Waals surface area contributed by atoms with Crippen molar-refractivity contribution in [3.63, 3.8) is 0 Å².